The maximum Gasteiger partial charge on any atom is 0.142 e. The Morgan fingerprint density at radius 3 is 2.32 bits per heavy atom. The molecule has 0 saturated heterocycles. The first-order chi connectivity index (χ1) is 8.74. The van der Waals surface area contributed by atoms with Gasteiger partial charge in [0.05, 0.1) is 12.8 Å². The lowest BCUT2D eigenvalue weighted by Crippen LogP contribution is -2.33. The van der Waals surface area contributed by atoms with E-state index in [0.29, 0.717) is 0 Å². The molecule has 0 aliphatic heterocycles. The number of hydrogen-bond donors (Lipinski definition) is 1. The van der Waals surface area contributed by atoms with Crippen LogP contribution in [-0.2, 0) is 0 Å². The molecule has 108 valence electrons. The number of hydrogen-bond acceptors (Lipinski definition) is 3. The number of methoxy groups -OCH3 is 1. The van der Waals surface area contributed by atoms with Gasteiger partial charge in [-0.25, -0.2) is 0 Å². The zero-order chi connectivity index (χ0) is 14.6. The van der Waals surface area contributed by atoms with E-state index in [1.165, 1.54) is 11.1 Å². The zero-order valence-corrected chi connectivity index (χ0v) is 13.2. The van der Waals surface area contributed by atoms with Crippen LogP contribution in [0.1, 0.15) is 37.8 Å². The van der Waals surface area contributed by atoms with Crippen molar-refractivity contribution in [2.75, 3.05) is 25.6 Å². The minimum absolute atomic E-state index is 0.0892. The largest absolute Gasteiger partial charge is 0.495 e. The van der Waals surface area contributed by atoms with Gasteiger partial charge in [0.25, 0.3) is 0 Å². The van der Waals surface area contributed by atoms with Crippen molar-refractivity contribution in [2.45, 2.75) is 46.1 Å². The normalized spacial score (nSPS) is 11.5. The van der Waals surface area contributed by atoms with Crippen molar-refractivity contribution in [3.63, 3.8) is 0 Å². The molecule has 0 spiro atoms. The highest BCUT2D eigenvalue weighted by atomic mass is 16.5. The summed E-state index contributed by atoms with van der Waals surface area (Å²) >= 11 is 0. The highest BCUT2D eigenvalue weighted by Gasteiger charge is 2.13. The van der Waals surface area contributed by atoms with Crippen molar-refractivity contribution in [3.8, 4) is 5.75 Å². The fraction of sp³-hybridized carbons (Fsp3) is 0.625. The van der Waals surface area contributed by atoms with E-state index in [2.05, 4.69) is 51.8 Å². The van der Waals surface area contributed by atoms with Gasteiger partial charge < -0.3 is 15.4 Å². The lowest BCUT2D eigenvalue weighted by molar-refractivity contribution is 0.413. The van der Waals surface area contributed by atoms with Gasteiger partial charge in [-0.2, -0.15) is 0 Å². The summed E-state index contributed by atoms with van der Waals surface area (Å²) in [5, 5.41) is 0. The van der Waals surface area contributed by atoms with Gasteiger partial charge in [0.2, 0.25) is 0 Å². The van der Waals surface area contributed by atoms with Gasteiger partial charge >= 0.3 is 0 Å². The first kappa shape index (κ1) is 15.8. The summed E-state index contributed by atoms with van der Waals surface area (Å²) in [5.74, 6) is 0.942. The molecule has 1 aromatic carbocycles. The Hall–Kier alpha value is -1.22. The average Bonchev–Trinajstić information content (AvgIpc) is 2.30. The third kappa shape index (κ3) is 4.75. The van der Waals surface area contributed by atoms with Gasteiger partial charge in [0.15, 0.2) is 0 Å². The molecule has 19 heavy (non-hydrogen) atoms. The number of rotatable bonds is 6. The van der Waals surface area contributed by atoms with Gasteiger partial charge in [-0.3, -0.25) is 0 Å². The van der Waals surface area contributed by atoms with E-state index in [-0.39, 0.29) is 5.54 Å². The maximum atomic E-state index is 6.02. The Morgan fingerprint density at radius 2 is 1.79 bits per heavy atom. The molecule has 0 radical (unpaired) electrons. The van der Waals surface area contributed by atoms with Crippen LogP contribution in [0.3, 0.4) is 0 Å². The van der Waals surface area contributed by atoms with Crippen molar-refractivity contribution < 1.29 is 4.74 Å². The van der Waals surface area contributed by atoms with Crippen LogP contribution in [0, 0.1) is 13.8 Å². The maximum absolute atomic E-state index is 6.02. The highest BCUT2D eigenvalue weighted by molar-refractivity contribution is 5.61. The lowest BCUT2D eigenvalue weighted by atomic mass is 10.00. The molecule has 0 amide bonds. The number of nitrogens with two attached hydrogens (primary N) is 1. The number of ether oxygens (including phenoxy) is 1. The molecule has 0 atom stereocenters. The second-order valence-corrected chi connectivity index (χ2v) is 6.12. The van der Waals surface area contributed by atoms with E-state index in [0.717, 1.165) is 30.8 Å². The first-order valence-electron chi connectivity index (χ1n) is 6.90. The summed E-state index contributed by atoms with van der Waals surface area (Å²) in [6, 6.07) is 4.30. The average molecular weight is 264 g/mol. The zero-order valence-electron chi connectivity index (χ0n) is 13.2. The van der Waals surface area contributed by atoms with E-state index < -0.39 is 0 Å². The number of benzene rings is 1. The number of nitrogens with zero attached hydrogens (tertiary/aromatic N) is 1. The molecule has 0 bridgehead atoms. The fourth-order valence-electron chi connectivity index (χ4n) is 2.13. The molecular formula is C16H28N2O. The molecule has 3 nitrogen and oxygen atoms in total. The van der Waals surface area contributed by atoms with Crippen LogP contribution < -0.4 is 15.4 Å². The summed E-state index contributed by atoms with van der Waals surface area (Å²) in [6.07, 6.45) is 2.10. The molecule has 0 aromatic heterocycles. The molecule has 0 heterocycles. The third-order valence-electron chi connectivity index (χ3n) is 3.52. The van der Waals surface area contributed by atoms with Crippen molar-refractivity contribution in [1.29, 1.82) is 0 Å². The Balaban J connectivity index is 2.76. The molecular weight excluding hydrogens is 236 g/mol. The van der Waals surface area contributed by atoms with Crippen molar-refractivity contribution >= 4 is 5.69 Å². The van der Waals surface area contributed by atoms with Crippen LogP contribution in [0.25, 0.3) is 0 Å². The van der Waals surface area contributed by atoms with Crippen LogP contribution in [0.4, 0.5) is 5.69 Å². The summed E-state index contributed by atoms with van der Waals surface area (Å²) in [6.45, 7) is 9.38. The van der Waals surface area contributed by atoms with Crippen molar-refractivity contribution in [2.24, 2.45) is 5.73 Å². The predicted molar refractivity (Wildman–Crippen MR) is 83.2 cm³/mol. The summed E-state index contributed by atoms with van der Waals surface area (Å²) in [7, 11) is 3.83. The van der Waals surface area contributed by atoms with Gasteiger partial charge in [-0.15, -0.1) is 0 Å². The first-order valence-corrected chi connectivity index (χ1v) is 6.90. The molecule has 0 unspecified atom stereocenters. The molecule has 0 fully saturated rings. The fourth-order valence-corrected chi connectivity index (χ4v) is 2.13. The van der Waals surface area contributed by atoms with Gasteiger partial charge in [-0.1, -0.05) is 0 Å². The van der Waals surface area contributed by atoms with Crippen molar-refractivity contribution in [1.82, 2.24) is 0 Å². The second kappa shape index (κ2) is 6.29. The summed E-state index contributed by atoms with van der Waals surface area (Å²) in [5.41, 5.74) is 9.64. The van der Waals surface area contributed by atoms with Crippen LogP contribution in [0.15, 0.2) is 12.1 Å². The predicted octanol–water partition coefficient (Wildman–Crippen LogP) is 3.27. The van der Waals surface area contributed by atoms with Crippen LogP contribution in [0.2, 0.25) is 0 Å². The molecule has 0 saturated carbocycles. The summed E-state index contributed by atoms with van der Waals surface area (Å²) < 4.78 is 5.48. The van der Waals surface area contributed by atoms with Crippen LogP contribution in [0.5, 0.6) is 5.75 Å². The third-order valence-corrected chi connectivity index (χ3v) is 3.52. The van der Waals surface area contributed by atoms with Crippen LogP contribution >= 0.6 is 0 Å². The molecule has 1 aromatic rings. The second-order valence-electron chi connectivity index (χ2n) is 6.12. The van der Waals surface area contributed by atoms with E-state index in [9.17, 15) is 0 Å². The molecule has 3 heteroatoms. The van der Waals surface area contributed by atoms with Gasteiger partial charge in [0.1, 0.15) is 5.75 Å². The summed E-state index contributed by atoms with van der Waals surface area (Å²) in [4.78, 5) is 2.25. The standard InChI is InChI=1S/C16H28N2O/c1-12-10-14(15(19-6)11-13(12)2)18(5)9-7-8-16(3,4)17/h10-11H,7-9,17H2,1-6H3. The minimum atomic E-state index is -0.0892. The monoisotopic (exact) mass is 264 g/mol. The SMILES string of the molecule is COc1cc(C)c(C)cc1N(C)CCCC(C)(C)N. The van der Waals surface area contributed by atoms with E-state index >= 15 is 0 Å². The number of aryl methyl sites for hydroxylation is 2. The Labute approximate surface area is 117 Å². The van der Waals surface area contributed by atoms with E-state index in [1.54, 1.807) is 7.11 Å². The Kier molecular flexibility index (Phi) is 5.24. The Morgan fingerprint density at radius 1 is 1.21 bits per heavy atom. The van der Waals surface area contributed by atoms with Crippen LogP contribution in [-0.4, -0.2) is 26.2 Å². The van der Waals surface area contributed by atoms with Gasteiger partial charge in [-0.05, 0) is 63.8 Å². The van der Waals surface area contributed by atoms with E-state index in [1.807, 2.05) is 0 Å². The molecule has 1 rings (SSSR count). The van der Waals surface area contributed by atoms with Gasteiger partial charge in [0, 0.05) is 19.1 Å². The minimum Gasteiger partial charge on any atom is -0.495 e. The number of anilines is 1. The topological polar surface area (TPSA) is 38.5 Å². The van der Waals surface area contributed by atoms with Crippen molar-refractivity contribution in [3.05, 3.63) is 23.3 Å². The Bertz CT molecular complexity index is 421. The molecule has 0 aliphatic carbocycles. The lowest BCUT2D eigenvalue weighted by Gasteiger charge is -2.25. The molecule has 2 N–H and O–H groups in total. The smallest absolute Gasteiger partial charge is 0.142 e. The quantitative estimate of drug-likeness (QED) is 0.857. The van der Waals surface area contributed by atoms with E-state index in [4.69, 9.17) is 10.5 Å². The highest BCUT2D eigenvalue weighted by Crippen LogP contribution is 2.30. The molecule has 0 aliphatic rings.